The molecule has 2 aromatic rings. The molecule has 7 nitrogen and oxygen atoms in total. The summed E-state index contributed by atoms with van der Waals surface area (Å²) in [6.45, 7) is 4.54. The zero-order chi connectivity index (χ0) is 19.1. The highest BCUT2D eigenvalue weighted by molar-refractivity contribution is 5.74. The first kappa shape index (κ1) is 19.2. The Hall–Kier alpha value is -3.09. The summed E-state index contributed by atoms with van der Waals surface area (Å²) in [4.78, 5) is 24.2. The van der Waals surface area contributed by atoms with Crippen LogP contribution < -0.4 is 10.1 Å². The Balaban J connectivity index is 1.83. The van der Waals surface area contributed by atoms with Crippen LogP contribution in [0.3, 0.4) is 0 Å². The molecule has 138 valence electrons. The highest BCUT2D eigenvalue weighted by Gasteiger charge is 2.19. The molecule has 2 rings (SSSR count). The maximum atomic E-state index is 12.3. The van der Waals surface area contributed by atoms with Crippen molar-refractivity contribution in [1.29, 1.82) is 0 Å². The van der Waals surface area contributed by atoms with E-state index in [1.165, 1.54) is 17.0 Å². The zero-order valence-electron chi connectivity index (χ0n) is 15.1. The zero-order valence-corrected chi connectivity index (χ0v) is 15.1. The van der Waals surface area contributed by atoms with Crippen LogP contribution in [0.25, 0.3) is 0 Å². The third-order valence-corrected chi connectivity index (χ3v) is 4.13. The van der Waals surface area contributed by atoms with Crippen molar-refractivity contribution in [3.63, 3.8) is 0 Å². The van der Waals surface area contributed by atoms with Crippen LogP contribution in [-0.4, -0.2) is 36.1 Å². The van der Waals surface area contributed by atoms with E-state index >= 15 is 0 Å². The maximum absolute atomic E-state index is 12.3. The number of nitro benzene ring substituents is 1. The van der Waals surface area contributed by atoms with Crippen LogP contribution in [0.15, 0.2) is 48.5 Å². The molecule has 0 saturated heterocycles. The summed E-state index contributed by atoms with van der Waals surface area (Å²) in [6, 6.07) is 13.4. The Morgan fingerprint density at radius 1 is 1.27 bits per heavy atom. The highest BCUT2D eigenvalue weighted by Crippen LogP contribution is 2.22. The van der Waals surface area contributed by atoms with Gasteiger partial charge in [-0.15, -0.1) is 0 Å². The van der Waals surface area contributed by atoms with Crippen molar-refractivity contribution < 1.29 is 14.5 Å². The lowest BCUT2D eigenvalue weighted by Crippen LogP contribution is -2.40. The molecule has 0 aromatic heterocycles. The van der Waals surface area contributed by atoms with Gasteiger partial charge in [0.2, 0.25) is 0 Å². The van der Waals surface area contributed by atoms with Crippen molar-refractivity contribution in [3.8, 4) is 5.75 Å². The smallest absolute Gasteiger partial charge is 0.317 e. The molecule has 0 radical (unpaired) electrons. The lowest BCUT2D eigenvalue weighted by atomic mass is 10.1. The van der Waals surface area contributed by atoms with Crippen LogP contribution in [0.2, 0.25) is 0 Å². The second-order valence-corrected chi connectivity index (χ2v) is 6.03. The number of carbonyl (C=O) groups excluding carboxylic acids is 1. The Labute approximate surface area is 152 Å². The molecule has 1 N–H and O–H groups in total. The number of urea groups is 1. The lowest BCUT2D eigenvalue weighted by molar-refractivity contribution is -0.384. The van der Waals surface area contributed by atoms with Gasteiger partial charge in [-0.3, -0.25) is 10.1 Å². The molecule has 26 heavy (non-hydrogen) atoms. The molecule has 0 heterocycles. The number of rotatable bonds is 7. The SMILES string of the molecule is Cc1ccc(OCCNC(=O)N(C)[C@H](C)c2cccc([N+](=O)[O-])c2)cc1. The lowest BCUT2D eigenvalue weighted by Gasteiger charge is -2.25. The molecule has 2 aromatic carbocycles. The molecule has 2 amide bonds. The number of carbonyl (C=O) groups is 1. The van der Waals surface area contributed by atoms with Crippen molar-refractivity contribution in [2.24, 2.45) is 0 Å². The van der Waals surface area contributed by atoms with Crippen LogP contribution >= 0.6 is 0 Å². The number of nitro groups is 1. The summed E-state index contributed by atoms with van der Waals surface area (Å²) < 4.78 is 5.57. The predicted molar refractivity (Wildman–Crippen MR) is 99.3 cm³/mol. The van der Waals surface area contributed by atoms with E-state index in [4.69, 9.17) is 4.74 Å². The standard InChI is InChI=1S/C19H23N3O4/c1-14-7-9-18(10-8-14)26-12-11-20-19(23)21(3)15(2)16-5-4-6-17(13-16)22(24)25/h4-10,13,15H,11-12H2,1-3H3,(H,20,23)/t15-/m1/s1. The fourth-order valence-electron chi connectivity index (χ4n) is 2.38. The van der Waals surface area contributed by atoms with Gasteiger partial charge >= 0.3 is 6.03 Å². The summed E-state index contributed by atoms with van der Waals surface area (Å²) in [5, 5.41) is 13.7. The fourth-order valence-corrected chi connectivity index (χ4v) is 2.38. The predicted octanol–water partition coefficient (Wildman–Crippen LogP) is 3.68. The molecular weight excluding hydrogens is 334 g/mol. The van der Waals surface area contributed by atoms with Gasteiger partial charge in [0.25, 0.3) is 5.69 Å². The molecule has 0 aliphatic rings. The van der Waals surface area contributed by atoms with Gasteiger partial charge in [-0.25, -0.2) is 4.79 Å². The van der Waals surface area contributed by atoms with Gasteiger partial charge in [0.05, 0.1) is 17.5 Å². The van der Waals surface area contributed by atoms with Gasteiger partial charge in [-0.05, 0) is 31.5 Å². The molecule has 0 fully saturated rings. The van der Waals surface area contributed by atoms with Gasteiger partial charge < -0.3 is 15.0 Å². The Bertz CT molecular complexity index is 762. The number of ether oxygens (including phenoxy) is 1. The van der Waals surface area contributed by atoms with Gasteiger partial charge in [-0.1, -0.05) is 29.8 Å². The Morgan fingerprint density at radius 2 is 1.96 bits per heavy atom. The average molecular weight is 357 g/mol. The minimum absolute atomic E-state index is 0.00894. The summed E-state index contributed by atoms with van der Waals surface area (Å²) in [5.41, 5.74) is 1.87. The molecule has 0 unspecified atom stereocenters. The second kappa shape index (κ2) is 8.84. The third-order valence-electron chi connectivity index (χ3n) is 4.13. The van der Waals surface area contributed by atoms with Crippen molar-refractivity contribution >= 4 is 11.7 Å². The van der Waals surface area contributed by atoms with E-state index < -0.39 is 4.92 Å². The number of non-ortho nitro benzene ring substituents is 1. The first-order valence-electron chi connectivity index (χ1n) is 8.33. The van der Waals surface area contributed by atoms with E-state index in [1.54, 1.807) is 19.2 Å². The van der Waals surface area contributed by atoms with Crippen molar-refractivity contribution in [2.75, 3.05) is 20.2 Å². The van der Waals surface area contributed by atoms with Crippen molar-refractivity contribution in [3.05, 3.63) is 69.8 Å². The third kappa shape index (κ3) is 5.20. The fraction of sp³-hybridized carbons (Fsp3) is 0.316. The van der Waals surface area contributed by atoms with E-state index in [2.05, 4.69) is 5.32 Å². The molecule has 0 spiro atoms. The topological polar surface area (TPSA) is 84.7 Å². The van der Waals surface area contributed by atoms with Gasteiger partial charge in [0.15, 0.2) is 0 Å². The van der Waals surface area contributed by atoms with Crippen LogP contribution in [-0.2, 0) is 0 Å². The molecule has 0 aliphatic carbocycles. The molecule has 0 saturated carbocycles. The maximum Gasteiger partial charge on any atom is 0.317 e. The van der Waals surface area contributed by atoms with E-state index in [1.807, 2.05) is 38.1 Å². The monoisotopic (exact) mass is 357 g/mol. The molecule has 7 heteroatoms. The minimum atomic E-state index is -0.446. The summed E-state index contributed by atoms with van der Waals surface area (Å²) in [7, 11) is 1.65. The largest absolute Gasteiger partial charge is 0.492 e. The number of nitrogens with one attached hydrogen (secondary N) is 1. The van der Waals surface area contributed by atoms with E-state index in [0.717, 1.165) is 11.3 Å². The second-order valence-electron chi connectivity index (χ2n) is 6.03. The van der Waals surface area contributed by atoms with Crippen LogP contribution in [0.4, 0.5) is 10.5 Å². The van der Waals surface area contributed by atoms with E-state index in [9.17, 15) is 14.9 Å². The summed E-state index contributed by atoms with van der Waals surface area (Å²) in [6.07, 6.45) is 0. The summed E-state index contributed by atoms with van der Waals surface area (Å²) >= 11 is 0. The number of benzene rings is 2. The van der Waals surface area contributed by atoms with Gasteiger partial charge in [0, 0.05) is 19.2 Å². The first-order valence-corrected chi connectivity index (χ1v) is 8.33. The van der Waals surface area contributed by atoms with E-state index in [0.29, 0.717) is 18.7 Å². The number of hydrogen-bond acceptors (Lipinski definition) is 4. The molecule has 1 atom stereocenters. The minimum Gasteiger partial charge on any atom is -0.492 e. The number of aryl methyl sites for hydroxylation is 1. The molecule has 0 aliphatic heterocycles. The van der Waals surface area contributed by atoms with Crippen molar-refractivity contribution in [2.45, 2.75) is 19.9 Å². The Morgan fingerprint density at radius 3 is 2.62 bits per heavy atom. The van der Waals surface area contributed by atoms with E-state index in [-0.39, 0.29) is 17.8 Å². The normalized spacial score (nSPS) is 11.5. The first-order chi connectivity index (χ1) is 12.4. The highest BCUT2D eigenvalue weighted by atomic mass is 16.6. The van der Waals surface area contributed by atoms with Gasteiger partial charge in [0.1, 0.15) is 12.4 Å². The van der Waals surface area contributed by atoms with Crippen LogP contribution in [0, 0.1) is 17.0 Å². The molecular formula is C19H23N3O4. The average Bonchev–Trinajstić information content (AvgIpc) is 2.65. The summed E-state index contributed by atoms with van der Waals surface area (Å²) in [5.74, 6) is 0.753. The van der Waals surface area contributed by atoms with Crippen molar-refractivity contribution in [1.82, 2.24) is 10.2 Å². The van der Waals surface area contributed by atoms with Crippen LogP contribution in [0.1, 0.15) is 24.1 Å². The molecule has 0 bridgehead atoms. The Kier molecular flexibility index (Phi) is 6.54. The number of hydrogen-bond donors (Lipinski definition) is 1. The quantitative estimate of drug-likeness (QED) is 0.465. The van der Waals surface area contributed by atoms with Crippen LogP contribution in [0.5, 0.6) is 5.75 Å². The number of amides is 2. The van der Waals surface area contributed by atoms with Gasteiger partial charge in [-0.2, -0.15) is 0 Å². The number of nitrogens with zero attached hydrogens (tertiary/aromatic N) is 2.